The normalized spacial score (nSPS) is 23.0. The standard InChI is InChI=1S/C16H21NO4/c1-10(2)14(11-6-4-3-5-7-11)17-15(18)12-8-9-13(21-12)16(19)20/h3-7,10,12-14H,8-9H2,1-2H3,(H,17,18)(H,19,20). The lowest BCUT2D eigenvalue weighted by Crippen LogP contribution is -2.39. The van der Waals surface area contributed by atoms with Crippen LogP contribution in [0, 0.1) is 5.92 Å². The molecule has 1 amide bonds. The molecule has 1 heterocycles. The van der Waals surface area contributed by atoms with Crippen molar-refractivity contribution >= 4 is 11.9 Å². The second kappa shape index (κ2) is 6.72. The Labute approximate surface area is 124 Å². The molecule has 1 aromatic carbocycles. The Hall–Kier alpha value is -1.88. The number of benzene rings is 1. The van der Waals surface area contributed by atoms with Gasteiger partial charge in [0.2, 0.25) is 5.91 Å². The maximum Gasteiger partial charge on any atom is 0.332 e. The van der Waals surface area contributed by atoms with Gasteiger partial charge in [-0.1, -0.05) is 44.2 Å². The second-order valence-electron chi connectivity index (χ2n) is 5.67. The quantitative estimate of drug-likeness (QED) is 0.871. The highest BCUT2D eigenvalue weighted by Gasteiger charge is 2.35. The minimum Gasteiger partial charge on any atom is -0.479 e. The van der Waals surface area contributed by atoms with Crippen LogP contribution >= 0.6 is 0 Å². The summed E-state index contributed by atoms with van der Waals surface area (Å²) in [5, 5.41) is 11.9. The number of aliphatic carboxylic acids is 1. The smallest absolute Gasteiger partial charge is 0.332 e. The van der Waals surface area contributed by atoms with Crippen LogP contribution in [0.15, 0.2) is 30.3 Å². The molecular formula is C16H21NO4. The van der Waals surface area contributed by atoms with Crippen molar-refractivity contribution < 1.29 is 19.4 Å². The molecule has 0 spiro atoms. The number of hydrogen-bond acceptors (Lipinski definition) is 3. The maximum absolute atomic E-state index is 12.3. The van der Waals surface area contributed by atoms with E-state index in [0.29, 0.717) is 12.8 Å². The van der Waals surface area contributed by atoms with Crippen LogP contribution in [0.5, 0.6) is 0 Å². The number of hydrogen-bond donors (Lipinski definition) is 2. The summed E-state index contributed by atoms with van der Waals surface area (Å²) in [6.07, 6.45) is -0.709. The first-order chi connectivity index (χ1) is 9.99. The van der Waals surface area contributed by atoms with Crippen molar-refractivity contribution in [2.45, 2.75) is 44.9 Å². The summed E-state index contributed by atoms with van der Waals surface area (Å²) in [6.45, 7) is 4.07. The average molecular weight is 291 g/mol. The number of nitrogens with one attached hydrogen (secondary N) is 1. The number of carbonyl (C=O) groups is 2. The van der Waals surface area contributed by atoms with Crippen LogP contribution in [0.4, 0.5) is 0 Å². The number of amides is 1. The van der Waals surface area contributed by atoms with Crippen molar-refractivity contribution in [2.75, 3.05) is 0 Å². The first-order valence-electron chi connectivity index (χ1n) is 7.22. The van der Waals surface area contributed by atoms with Gasteiger partial charge in [-0.3, -0.25) is 4.79 Å². The lowest BCUT2D eigenvalue weighted by atomic mass is 9.95. The lowest BCUT2D eigenvalue weighted by Gasteiger charge is -2.24. The third-order valence-corrected chi connectivity index (χ3v) is 3.71. The minimum atomic E-state index is -1.01. The molecule has 0 saturated carbocycles. The summed E-state index contributed by atoms with van der Waals surface area (Å²) in [5.41, 5.74) is 1.04. The van der Waals surface area contributed by atoms with Gasteiger partial charge in [-0.25, -0.2) is 4.79 Å². The van der Waals surface area contributed by atoms with E-state index in [-0.39, 0.29) is 17.9 Å². The SMILES string of the molecule is CC(C)C(NC(=O)C1CCC(C(=O)O)O1)c1ccccc1. The number of rotatable bonds is 5. The van der Waals surface area contributed by atoms with E-state index in [9.17, 15) is 9.59 Å². The summed E-state index contributed by atoms with van der Waals surface area (Å²) in [7, 11) is 0. The lowest BCUT2D eigenvalue weighted by molar-refractivity contribution is -0.152. The fraction of sp³-hybridized carbons (Fsp3) is 0.500. The molecule has 1 aliphatic rings. The molecule has 1 aromatic rings. The van der Waals surface area contributed by atoms with E-state index >= 15 is 0 Å². The van der Waals surface area contributed by atoms with Crippen molar-refractivity contribution in [1.82, 2.24) is 5.32 Å². The van der Waals surface area contributed by atoms with Crippen LogP contribution in [-0.4, -0.2) is 29.2 Å². The monoisotopic (exact) mass is 291 g/mol. The molecular weight excluding hydrogens is 270 g/mol. The molecule has 0 aliphatic carbocycles. The first kappa shape index (κ1) is 15.5. The third-order valence-electron chi connectivity index (χ3n) is 3.71. The van der Waals surface area contributed by atoms with Crippen LogP contribution in [0.2, 0.25) is 0 Å². The molecule has 0 bridgehead atoms. The molecule has 5 heteroatoms. The van der Waals surface area contributed by atoms with Gasteiger partial charge >= 0.3 is 5.97 Å². The Bertz CT molecular complexity index is 500. The largest absolute Gasteiger partial charge is 0.479 e. The van der Waals surface area contributed by atoms with E-state index < -0.39 is 18.2 Å². The molecule has 114 valence electrons. The van der Waals surface area contributed by atoms with Crippen LogP contribution in [0.1, 0.15) is 38.3 Å². The van der Waals surface area contributed by atoms with Gasteiger partial charge < -0.3 is 15.2 Å². The van der Waals surface area contributed by atoms with Crippen LogP contribution in [0.3, 0.4) is 0 Å². The third kappa shape index (κ3) is 3.82. The fourth-order valence-electron chi connectivity index (χ4n) is 2.55. The van der Waals surface area contributed by atoms with Crippen LogP contribution < -0.4 is 5.32 Å². The maximum atomic E-state index is 12.3. The van der Waals surface area contributed by atoms with E-state index in [4.69, 9.17) is 9.84 Å². The number of carboxylic acids is 1. The Morgan fingerprint density at radius 3 is 2.33 bits per heavy atom. The van der Waals surface area contributed by atoms with E-state index in [1.54, 1.807) is 0 Å². The first-order valence-corrected chi connectivity index (χ1v) is 7.22. The van der Waals surface area contributed by atoms with Crippen molar-refractivity contribution in [3.63, 3.8) is 0 Å². The second-order valence-corrected chi connectivity index (χ2v) is 5.67. The van der Waals surface area contributed by atoms with Gasteiger partial charge in [-0.15, -0.1) is 0 Å². The molecule has 0 radical (unpaired) electrons. The predicted molar refractivity (Wildman–Crippen MR) is 77.7 cm³/mol. The van der Waals surface area contributed by atoms with Gasteiger partial charge in [0.05, 0.1) is 6.04 Å². The molecule has 1 aliphatic heterocycles. The number of carbonyl (C=O) groups excluding carboxylic acids is 1. The Balaban J connectivity index is 2.01. The molecule has 3 atom stereocenters. The predicted octanol–water partition coefficient (Wildman–Crippen LogP) is 2.13. The van der Waals surface area contributed by atoms with Crippen molar-refractivity contribution in [1.29, 1.82) is 0 Å². The summed E-state index contributed by atoms with van der Waals surface area (Å²) < 4.78 is 5.29. The number of carboxylic acid groups (broad SMARTS) is 1. The van der Waals surface area contributed by atoms with E-state index in [0.717, 1.165) is 5.56 Å². The van der Waals surface area contributed by atoms with Crippen molar-refractivity contribution in [2.24, 2.45) is 5.92 Å². The van der Waals surface area contributed by atoms with Gasteiger partial charge in [0.1, 0.15) is 6.10 Å². The topological polar surface area (TPSA) is 75.6 Å². The summed E-state index contributed by atoms with van der Waals surface area (Å²) in [6, 6.07) is 9.64. The van der Waals surface area contributed by atoms with Gasteiger partial charge in [0.25, 0.3) is 0 Å². The highest BCUT2D eigenvalue weighted by Crippen LogP contribution is 2.24. The highest BCUT2D eigenvalue weighted by atomic mass is 16.5. The van der Waals surface area contributed by atoms with Gasteiger partial charge in [-0.05, 0) is 24.3 Å². The zero-order chi connectivity index (χ0) is 15.4. The minimum absolute atomic E-state index is 0.105. The Kier molecular flexibility index (Phi) is 4.96. The molecule has 3 unspecified atom stereocenters. The molecule has 21 heavy (non-hydrogen) atoms. The summed E-state index contributed by atoms with van der Waals surface area (Å²) >= 11 is 0. The molecule has 5 nitrogen and oxygen atoms in total. The van der Waals surface area contributed by atoms with Gasteiger partial charge in [-0.2, -0.15) is 0 Å². The van der Waals surface area contributed by atoms with Gasteiger partial charge in [0, 0.05) is 0 Å². The van der Waals surface area contributed by atoms with E-state index in [1.165, 1.54) is 0 Å². The van der Waals surface area contributed by atoms with Crippen molar-refractivity contribution in [3.05, 3.63) is 35.9 Å². The molecule has 2 N–H and O–H groups in total. The van der Waals surface area contributed by atoms with E-state index in [2.05, 4.69) is 5.32 Å². The van der Waals surface area contributed by atoms with Crippen LogP contribution in [-0.2, 0) is 14.3 Å². The molecule has 0 aromatic heterocycles. The Morgan fingerprint density at radius 1 is 1.19 bits per heavy atom. The van der Waals surface area contributed by atoms with Crippen molar-refractivity contribution in [3.8, 4) is 0 Å². The fourth-order valence-corrected chi connectivity index (χ4v) is 2.55. The highest BCUT2D eigenvalue weighted by molar-refractivity contribution is 5.83. The summed E-state index contributed by atoms with van der Waals surface area (Å²) in [4.78, 5) is 23.1. The zero-order valence-electron chi connectivity index (χ0n) is 12.3. The van der Waals surface area contributed by atoms with Gasteiger partial charge in [0.15, 0.2) is 6.10 Å². The molecule has 1 saturated heterocycles. The molecule has 1 fully saturated rings. The summed E-state index contributed by atoms with van der Waals surface area (Å²) in [5.74, 6) is -1.01. The molecule has 2 rings (SSSR count). The Morgan fingerprint density at radius 2 is 1.81 bits per heavy atom. The zero-order valence-corrected chi connectivity index (χ0v) is 12.3. The average Bonchev–Trinajstić information content (AvgIpc) is 2.95. The number of ether oxygens (including phenoxy) is 1. The van der Waals surface area contributed by atoms with E-state index in [1.807, 2.05) is 44.2 Å². The van der Waals surface area contributed by atoms with Crippen LogP contribution in [0.25, 0.3) is 0 Å².